The maximum atomic E-state index is 11.0. The van der Waals surface area contributed by atoms with E-state index in [1.165, 1.54) is 0 Å². The molecule has 0 aliphatic carbocycles. The van der Waals surface area contributed by atoms with E-state index in [0.717, 1.165) is 11.1 Å². The Kier molecular flexibility index (Phi) is 3.53. The smallest absolute Gasteiger partial charge is 0.187 e. The lowest BCUT2D eigenvalue weighted by Gasteiger charge is -2.04. The largest absolute Gasteiger partial charge is 0.302 e. The molecular formula is C12H9BrO2S. The lowest BCUT2D eigenvalue weighted by atomic mass is 10.1. The highest BCUT2D eigenvalue weighted by Gasteiger charge is 2.07. The van der Waals surface area contributed by atoms with Gasteiger partial charge in [0.1, 0.15) is 0 Å². The number of halogens is 1. The molecule has 4 heteroatoms. The molecule has 0 heterocycles. The zero-order valence-electron chi connectivity index (χ0n) is 8.26. The quantitative estimate of drug-likeness (QED) is 0.858. The molecule has 2 aromatic rings. The maximum absolute atomic E-state index is 11.0. The van der Waals surface area contributed by atoms with E-state index in [0.29, 0.717) is 9.37 Å². The first kappa shape index (κ1) is 11.5. The van der Waals surface area contributed by atoms with Crippen LogP contribution in [-0.2, 0) is 11.1 Å². The summed E-state index contributed by atoms with van der Waals surface area (Å²) < 4.78 is 20.6. The van der Waals surface area contributed by atoms with Crippen LogP contribution in [0.25, 0.3) is 11.1 Å². The third kappa shape index (κ3) is 2.40. The molecular weight excluding hydrogens is 288 g/mol. The molecule has 0 amide bonds. The molecule has 0 aliphatic heterocycles. The summed E-state index contributed by atoms with van der Waals surface area (Å²) in [5.41, 5.74) is 2.10. The Balaban J connectivity index is 2.46. The molecule has 0 saturated carbocycles. The van der Waals surface area contributed by atoms with Gasteiger partial charge in [-0.05, 0) is 39.2 Å². The molecule has 1 N–H and O–H groups in total. The second-order valence-corrected chi connectivity index (χ2v) is 5.05. The van der Waals surface area contributed by atoms with Crippen LogP contribution >= 0.6 is 15.9 Å². The van der Waals surface area contributed by atoms with E-state index in [1.807, 2.05) is 42.5 Å². The Morgan fingerprint density at radius 3 is 2.25 bits per heavy atom. The van der Waals surface area contributed by atoms with E-state index in [4.69, 9.17) is 4.55 Å². The van der Waals surface area contributed by atoms with Crippen molar-refractivity contribution in [1.29, 1.82) is 0 Å². The molecule has 16 heavy (non-hydrogen) atoms. The Bertz CT molecular complexity index is 526. The first-order chi connectivity index (χ1) is 7.68. The molecule has 1 atom stereocenters. The summed E-state index contributed by atoms with van der Waals surface area (Å²) in [6, 6.07) is 15.2. The maximum Gasteiger partial charge on any atom is 0.187 e. The fourth-order valence-corrected chi connectivity index (χ4v) is 2.66. The van der Waals surface area contributed by atoms with Gasteiger partial charge in [-0.1, -0.05) is 36.4 Å². The zero-order valence-corrected chi connectivity index (χ0v) is 10.7. The van der Waals surface area contributed by atoms with Crippen molar-refractivity contribution < 1.29 is 8.76 Å². The molecule has 0 fully saturated rings. The Hall–Kier alpha value is -0.970. The predicted octanol–water partition coefficient (Wildman–Crippen LogP) is 3.70. The highest BCUT2D eigenvalue weighted by molar-refractivity contribution is 9.10. The molecule has 2 nitrogen and oxygen atoms in total. The topological polar surface area (TPSA) is 37.3 Å². The van der Waals surface area contributed by atoms with Crippen molar-refractivity contribution in [2.75, 3.05) is 0 Å². The van der Waals surface area contributed by atoms with Crippen LogP contribution in [0.15, 0.2) is 57.9 Å². The molecule has 0 spiro atoms. The summed E-state index contributed by atoms with van der Waals surface area (Å²) in [4.78, 5) is 0.389. The summed E-state index contributed by atoms with van der Waals surface area (Å²) in [5, 5.41) is 0. The summed E-state index contributed by atoms with van der Waals surface area (Å²) in [7, 11) is 0. The van der Waals surface area contributed by atoms with Gasteiger partial charge in [0, 0.05) is 4.47 Å². The molecule has 82 valence electrons. The van der Waals surface area contributed by atoms with Crippen LogP contribution in [0.1, 0.15) is 0 Å². The monoisotopic (exact) mass is 296 g/mol. The first-order valence-electron chi connectivity index (χ1n) is 4.64. The molecule has 0 saturated heterocycles. The zero-order chi connectivity index (χ0) is 11.5. The van der Waals surface area contributed by atoms with Gasteiger partial charge in [-0.15, -0.1) is 0 Å². The highest BCUT2D eigenvalue weighted by atomic mass is 79.9. The van der Waals surface area contributed by atoms with Crippen LogP contribution in [0.5, 0.6) is 0 Å². The van der Waals surface area contributed by atoms with Gasteiger partial charge < -0.3 is 4.55 Å². The summed E-state index contributed by atoms with van der Waals surface area (Å²) >= 11 is 1.34. The van der Waals surface area contributed by atoms with E-state index in [2.05, 4.69) is 15.9 Å². The van der Waals surface area contributed by atoms with E-state index >= 15 is 0 Å². The molecule has 1 unspecified atom stereocenters. The van der Waals surface area contributed by atoms with Crippen molar-refractivity contribution in [1.82, 2.24) is 0 Å². The van der Waals surface area contributed by atoms with Crippen LogP contribution in [0.2, 0.25) is 0 Å². The predicted molar refractivity (Wildman–Crippen MR) is 68.6 cm³/mol. The summed E-state index contributed by atoms with van der Waals surface area (Å²) in [6.45, 7) is 0. The molecule has 0 bridgehead atoms. The van der Waals surface area contributed by atoms with Gasteiger partial charge >= 0.3 is 0 Å². The van der Waals surface area contributed by atoms with E-state index in [1.54, 1.807) is 6.07 Å². The molecule has 0 radical (unpaired) electrons. The van der Waals surface area contributed by atoms with Crippen molar-refractivity contribution in [2.24, 2.45) is 0 Å². The Morgan fingerprint density at radius 1 is 1.00 bits per heavy atom. The minimum atomic E-state index is -1.95. The fourth-order valence-electron chi connectivity index (χ4n) is 1.45. The van der Waals surface area contributed by atoms with Gasteiger partial charge in [0.25, 0.3) is 0 Å². The summed E-state index contributed by atoms with van der Waals surface area (Å²) in [6.07, 6.45) is 0. The number of rotatable bonds is 2. The average molecular weight is 297 g/mol. The standard InChI is InChI=1S/C12H9BrO2S/c13-11-8-10(6-7-12(11)16(14)15)9-4-2-1-3-5-9/h1-8H,(H,14,15). The molecule has 0 aromatic heterocycles. The number of hydrogen-bond donors (Lipinski definition) is 1. The average Bonchev–Trinajstić information content (AvgIpc) is 2.29. The lowest BCUT2D eigenvalue weighted by molar-refractivity contribution is 0.564. The Labute approximate surface area is 105 Å². The van der Waals surface area contributed by atoms with Crippen LogP contribution in [0.4, 0.5) is 0 Å². The van der Waals surface area contributed by atoms with Gasteiger partial charge in [0.2, 0.25) is 0 Å². The van der Waals surface area contributed by atoms with Crippen molar-refractivity contribution in [3.63, 3.8) is 0 Å². The van der Waals surface area contributed by atoms with Crippen molar-refractivity contribution in [3.05, 3.63) is 53.0 Å². The Morgan fingerprint density at radius 2 is 1.69 bits per heavy atom. The minimum Gasteiger partial charge on any atom is -0.302 e. The van der Waals surface area contributed by atoms with Crippen LogP contribution in [0.3, 0.4) is 0 Å². The summed E-state index contributed by atoms with van der Waals surface area (Å²) in [5.74, 6) is 0. The molecule has 2 aromatic carbocycles. The third-order valence-electron chi connectivity index (χ3n) is 2.23. The van der Waals surface area contributed by atoms with Gasteiger partial charge in [-0.2, -0.15) is 0 Å². The normalized spacial score (nSPS) is 12.4. The van der Waals surface area contributed by atoms with Crippen molar-refractivity contribution in [3.8, 4) is 11.1 Å². The van der Waals surface area contributed by atoms with E-state index in [-0.39, 0.29) is 0 Å². The molecule has 0 aliphatic rings. The van der Waals surface area contributed by atoms with Crippen LogP contribution < -0.4 is 0 Å². The highest BCUT2D eigenvalue weighted by Crippen LogP contribution is 2.27. The number of benzene rings is 2. The van der Waals surface area contributed by atoms with Crippen molar-refractivity contribution >= 4 is 27.0 Å². The van der Waals surface area contributed by atoms with Gasteiger partial charge in [0.15, 0.2) is 11.1 Å². The van der Waals surface area contributed by atoms with Crippen LogP contribution in [0, 0.1) is 0 Å². The second kappa shape index (κ2) is 4.91. The van der Waals surface area contributed by atoms with Gasteiger partial charge in [-0.3, -0.25) is 0 Å². The van der Waals surface area contributed by atoms with Gasteiger partial charge in [0.05, 0.1) is 4.90 Å². The van der Waals surface area contributed by atoms with E-state index in [9.17, 15) is 4.21 Å². The first-order valence-corrected chi connectivity index (χ1v) is 6.54. The fraction of sp³-hybridized carbons (Fsp3) is 0. The second-order valence-electron chi connectivity index (χ2n) is 3.26. The third-order valence-corrected chi connectivity index (χ3v) is 3.88. The SMILES string of the molecule is O=S(O)c1ccc(-c2ccccc2)cc1Br. The van der Waals surface area contributed by atoms with Crippen molar-refractivity contribution in [2.45, 2.75) is 4.90 Å². The van der Waals surface area contributed by atoms with Gasteiger partial charge in [-0.25, -0.2) is 4.21 Å². The van der Waals surface area contributed by atoms with E-state index < -0.39 is 11.1 Å². The lowest BCUT2D eigenvalue weighted by Crippen LogP contribution is -1.90. The van der Waals surface area contributed by atoms with Crippen LogP contribution in [-0.4, -0.2) is 8.76 Å². The molecule has 2 rings (SSSR count). The minimum absolute atomic E-state index is 0.389. The number of hydrogen-bond acceptors (Lipinski definition) is 1.